The van der Waals surface area contributed by atoms with Crippen LogP contribution < -0.4 is 0 Å². The average molecular weight is 286 g/mol. The monoisotopic (exact) mass is 285 g/mol. The van der Waals surface area contributed by atoms with E-state index in [0.29, 0.717) is 0 Å². The molecule has 19 heavy (non-hydrogen) atoms. The highest BCUT2D eigenvalue weighted by molar-refractivity contribution is 6.34. The van der Waals surface area contributed by atoms with Gasteiger partial charge in [-0.05, 0) is 25.0 Å². The molecule has 1 aromatic carbocycles. The minimum absolute atomic E-state index is 0.102. The van der Waals surface area contributed by atoms with Gasteiger partial charge in [-0.1, -0.05) is 30.5 Å². The standard InChI is InChI=1S/C14H17ClFNO2/c15-13-11(6-3-7-12(13)16)14(19)17(8-9-18)10-4-1-2-5-10/h3,6-7,10,18H,1-2,4-5,8-9H2. The second kappa shape index (κ2) is 6.35. The summed E-state index contributed by atoms with van der Waals surface area (Å²) in [5.41, 5.74) is 0.169. The first-order valence-electron chi connectivity index (χ1n) is 6.51. The van der Waals surface area contributed by atoms with Crippen LogP contribution in [0.1, 0.15) is 36.0 Å². The van der Waals surface area contributed by atoms with E-state index in [2.05, 4.69) is 0 Å². The summed E-state index contributed by atoms with van der Waals surface area (Å²) in [5.74, 6) is -0.895. The van der Waals surface area contributed by atoms with E-state index < -0.39 is 5.82 Å². The number of halogens is 2. The van der Waals surface area contributed by atoms with Gasteiger partial charge in [0.25, 0.3) is 5.91 Å². The minimum Gasteiger partial charge on any atom is -0.395 e. The SMILES string of the molecule is O=C(c1cccc(F)c1Cl)N(CCO)C1CCCC1. The molecule has 0 saturated heterocycles. The Morgan fingerprint density at radius 1 is 1.42 bits per heavy atom. The molecular weight excluding hydrogens is 269 g/mol. The van der Waals surface area contributed by atoms with Crippen LogP contribution in [0.15, 0.2) is 18.2 Å². The number of carbonyl (C=O) groups is 1. The summed E-state index contributed by atoms with van der Waals surface area (Å²) < 4.78 is 13.4. The zero-order valence-electron chi connectivity index (χ0n) is 10.6. The first kappa shape index (κ1) is 14.3. The van der Waals surface area contributed by atoms with E-state index in [0.717, 1.165) is 25.7 Å². The Hall–Kier alpha value is -1.13. The molecule has 1 aromatic rings. The number of hydrogen-bond donors (Lipinski definition) is 1. The fourth-order valence-corrected chi connectivity index (χ4v) is 2.80. The highest BCUT2D eigenvalue weighted by Crippen LogP contribution is 2.27. The number of benzene rings is 1. The van der Waals surface area contributed by atoms with E-state index in [9.17, 15) is 9.18 Å². The molecule has 0 atom stereocenters. The Bertz CT molecular complexity index is 461. The molecule has 0 unspecified atom stereocenters. The Morgan fingerprint density at radius 2 is 2.11 bits per heavy atom. The number of amides is 1. The van der Waals surface area contributed by atoms with Gasteiger partial charge in [-0.25, -0.2) is 4.39 Å². The van der Waals surface area contributed by atoms with E-state index in [1.165, 1.54) is 18.2 Å². The Kier molecular flexibility index (Phi) is 4.77. The smallest absolute Gasteiger partial charge is 0.255 e. The summed E-state index contributed by atoms with van der Waals surface area (Å²) in [7, 11) is 0. The summed E-state index contributed by atoms with van der Waals surface area (Å²) in [6.45, 7) is 0.158. The summed E-state index contributed by atoms with van der Waals surface area (Å²) in [5, 5.41) is 8.97. The number of aliphatic hydroxyl groups excluding tert-OH is 1. The molecule has 0 aromatic heterocycles. The Balaban J connectivity index is 2.25. The third kappa shape index (κ3) is 3.07. The number of carbonyl (C=O) groups excluding carboxylic acids is 1. The van der Waals surface area contributed by atoms with Gasteiger partial charge in [0.2, 0.25) is 0 Å². The summed E-state index contributed by atoms with van der Waals surface area (Å²) in [4.78, 5) is 14.1. The van der Waals surface area contributed by atoms with Crippen LogP contribution in [0, 0.1) is 5.82 Å². The van der Waals surface area contributed by atoms with Gasteiger partial charge in [0, 0.05) is 12.6 Å². The van der Waals surface area contributed by atoms with Crippen molar-refractivity contribution in [2.45, 2.75) is 31.7 Å². The van der Waals surface area contributed by atoms with Crippen LogP contribution in [-0.2, 0) is 0 Å². The van der Waals surface area contributed by atoms with Crippen LogP contribution in [0.4, 0.5) is 4.39 Å². The normalized spacial score (nSPS) is 15.7. The number of aliphatic hydroxyl groups is 1. The van der Waals surface area contributed by atoms with Gasteiger partial charge in [0.15, 0.2) is 0 Å². The molecule has 1 fully saturated rings. The van der Waals surface area contributed by atoms with Crippen molar-refractivity contribution in [3.63, 3.8) is 0 Å². The van der Waals surface area contributed by atoms with Crippen molar-refractivity contribution in [1.29, 1.82) is 0 Å². The Labute approximate surface area is 117 Å². The van der Waals surface area contributed by atoms with E-state index in [-0.39, 0.29) is 35.7 Å². The summed E-state index contributed by atoms with van der Waals surface area (Å²) in [6.07, 6.45) is 4.02. The maximum atomic E-state index is 13.4. The molecule has 0 aliphatic heterocycles. The Morgan fingerprint density at radius 3 is 2.74 bits per heavy atom. The minimum atomic E-state index is -0.595. The van der Waals surface area contributed by atoms with Crippen molar-refractivity contribution in [1.82, 2.24) is 4.90 Å². The predicted octanol–water partition coefficient (Wildman–Crippen LogP) is 2.86. The lowest BCUT2D eigenvalue weighted by atomic mass is 10.1. The number of hydrogen-bond acceptors (Lipinski definition) is 2. The molecule has 5 heteroatoms. The van der Waals surface area contributed by atoms with Crippen LogP contribution in [0.2, 0.25) is 5.02 Å². The van der Waals surface area contributed by atoms with Crippen molar-refractivity contribution in [2.75, 3.05) is 13.2 Å². The lowest BCUT2D eigenvalue weighted by Gasteiger charge is -2.28. The van der Waals surface area contributed by atoms with Crippen molar-refractivity contribution >= 4 is 17.5 Å². The summed E-state index contributed by atoms with van der Waals surface area (Å²) in [6, 6.07) is 4.34. The molecule has 0 heterocycles. The molecular formula is C14H17ClFNO2. The molecule has 0 radical (unpaired) electrons. The van der Waals surface area contributed by atoms with Gasteiger partial charge >= 0.3 is 0 Å². The van der Waals surface area contributed by atoms with Crippen LogP contribution in [0.3, 0.4) is 0 Å². The van der Waals surface area contributed by atoms with Crippen LogP contribution in [0.25, 0.3) is 0 Å². The highest BCUT2D eigenvalue weighted by Gasteiger charge is 2.28. The lowest BCUT2D eigenvalue weighted by molar-refractivity contribution is 0.0637. The second-order valence-corrected chi connectivity index (χ2v) is 5.14. The topological polar surface area (TPSA) is 40.5 Å². The molecule has 1 aliphatic rings. The molecule has 1 N–H and O–H groups in total. The predicted molar refractivity (Wildman–Crippen MR) is 71.8 cm³/mol. The van der Waals surface area contributed by atoms with Crippen LogP contribution in [-0.4, -0.2) is 35.1 Å². The van der Waals surface area contributed by atoms with Crippen molar-refractivity contribution in [3.05, 3.63) is 34.6 Å². The van der Waals surface area contributed by atoms with Gasteiger partial charge < -0.3 is 10.0 Å². The van der Waals surface area contributed by atoms with E-state index in [1.807, 2.05) is 0 Å². The first-order chi connectivity index (χ1) is 9.15. The molecule has 1 amide bonds. The molecule has 2 rings (SSSR count). The lowest BCUT2D eigenvalue weighted by Crippen LogP contribution is -2.40. The second-order valence-electron chi connectivity index (χ2n) is 4.76. The summed E-state index contributed by atoms with van der Waals surface area (Å²) >= 11 is 5.85. The van der Waals surface area contributed by atoms with Crippen LogP contribution in [0.5, 0.6) is 0 Å². The molecule has 0 bridgehead atoms. The quantitative estimate of drug-likeness (QED) is 0.924. The molecule has 1 saturated carbocycles. The van der Waals surface area contributed by atoms with E-state index in [1.54, 1.807) is 4.90 Å². The third-order valence-corrected chi connectivity index (χ3v) is 3.93. The number of rotatable bonds is 4. The average Bonchev–Trinajstić information content (AvgIpc) is 2.92. The molecule has 0 spiro atoms. The molecule has 1 aliphatic carbocycles. The van der Waals surface area contributed by atoms with Crippen molar-refractivity contribution in [2.24, 2.45) is 0 Å². The molecule has 3 nitrogen and oxygen atoms in total. The van der Waals surface area contributed by atoms with Gasteiger partial charge in [0.1, 0.15) is 5.82 Å². The zero-order valence-corrected chi connectivity index (χ0v) is 11.4. The number of nitrogens with zero attached hydrogens (tertiary/aromatic N) is 1. The first-order valence-corrected chi connectivity index (χ1v) is 6.88. The van der Waals surface area contributed by atoms with Gasteiger partial charge in [0.05, 0.1) is 17.2 Å². The van der Waals surface area contributed by atoms with Crippen molar-refractivity contribution < 1.29 is 14.3 Å². The van der Waals surface area contributed by atoms with E-state index in [4.69, 9.17) is 16.7 Å². The van der Waals surface area contributed by atoms with Gasteiger partial charge in [-0.15, -0.1) is 0 Å². The van der Waals surface area contributed by atoms with Gasteiger partial charge in [-0.3, -0.25) is 4.79 Å². The van der Waals surface area contributed by atoms with Gasteiger partial charge in [-0.2, -0.15) is 0 Å². The van der Waals surface area contributed by atoms with Crippen molar-refractivity contribution in [3.8, 4) is 0 Å². The maximum Gasteiger partial charge on any atom is 0.255 e. The fraction of sp³-hybridized carbons (Fsp3) is 0.500. The van der Waals surface area contributed by atoms with E-state index >= 15 is 0 Å². The maximum absolute atomic E-state index is 13.4. The van der Waals surface area contributed by atoms with Crippen LogP contribution >= 0.6 is 11.6 Å². The highest BCUT2D eigenvalue weighted by atomic mass is 35.5. The zero-order chi connectivity index (χ0) is 13.8. The fourth-order valence-electron chi connectivity index (χ4n) is 2.60. The largest absolute Gasteiger partial charge is 0.395 e. The third-order valence-electron chi connectivity index (χ3n) is 3.55. The molecule has 104 valence electrons.